The van der Waals surface area contributed by atoms with Crippen molar-refractivity contribution in [2.45, 2.75) is 26.3 Å². The van der Waals surface area contributed by atoms with Gasteiger partial charge in [0.2, 0.25) is 0 Å². The van der Waals surface area contributed by atoms with E-state index in [1.807, 2.05) is 6.08 Å². The second kappa shape index (κ2) is 9.72. The Morgan fingerprint density at radius 1 is 1.21 bits per heavy atom. The standard InChI is InChI=1S/C20H29FN2O/c1-17(2)9-12-23-14-13-22(16-20(23)10-15-24)11-3-4-18-5-7-19(21)8-6-18/h3-9,20,24H,10-16H2,1-2H3/b4-3+/t20-/m1/s1. The van der Waals surface area contributed by atoms with Gasteiger partial charge < -0.3 is 5.11 Å². The highest BCUT2D eigenvalue weighted by Crippen LogP contribution is 2.14. The molecule has 0 bridgehead atoms. The van der Waals surface area contributed by atoms with Crippen molar-refractivity contribution in [1.82, 2.24) is 9.80 Å². The highest BCUT2D eigenvalue weighted by Gasteiger charge is 2.25. The molecular formula is C20H29FN2O. The van der Waals surface area contributed by atoms with E-state index in [0.717, 1.165) is 44.7 Å². The molecule has 0 unspecified atom stereocenters. The average molecular weight is 332 g/mol. The van der Waals surface area contributed by atoms with E-state index in [0.29, 0.717) is 6.04 Å². The Morgan fingerprint density at radius 3 is 2.62 bits per heavy atom. The van der Waals surface area contributed by atoms with Crippen molar-refractivity contribution in [3.8, 4) is 0 Å². The van der Waals surface area contributed by atoms with Gasteiger partial charge in [-0.3, -0.25) is 9.80 Å². The topological polar surface area (TPSA) is 26.7 Å². The van der Waals surface area contributed by atoms with Crippen LogP contribution in [0.5, 0.6) is 0 Å². The number of aliphatic hydroxyl groups is 1. The van der Waals surface area contributed by atoms with Crippen LogP contribution in [0.15, 0.2) is 42.0 Å². The predicted molar refractivity (Wildman–Crippen MR) is 98.4 cm³/mol. The van der Waals surface area contributed by atoms with Crippen LogP contribution >= 0.6 is 0 Å². The van der Waals surface area contributed by atoms with Gasteiger partial charge >= 0.3 is 0 Å². The molecule has 1 aromatic rings. The van der Waals surface area contributed by atoms with E-state index < -0.39 is 0 Å². The molecule has 132 valence electrons. The highest BCUT2D eigenvalue weighted by atomic mass is 19.1. The Bertz CT molecular complexity index is 549. The highest BCUT2D eigenvalue weighted by molar-refractivity contribution is 5.48. The Balaban J connectivity index is 1.86. The van der Waals surface area contributed by atoms with Gasteiger partial charge in [0.25, 0.3) is 0 Å². The van der Waals surface area contributed by atoms with Crippen LogP contribution in [-0.4, -0.2) is 60.3 Å². The average Bonchev–Trinajstić information content (AvgIpc) is 2.56. The minimum absolute atomic E-state index is 0.202. The first-order valence-corrected chi connectivity index (χ1v) is 8.71. The van der Waals surface area contributed by atoms with Crippen molar-refractivity contribution < 1.29 is 9.50 Å². The second-order valence-corrected chi connectivity index (χ2v) is 6.66. The number of nitrogens with zero attached hydrogens (tertiary/aromatic N) is 2. The number of halogens is 1. The van der Waals surface area contributed by atoms with Gasteiger partial charge in [0, 0.05) is 45.4 Å². The summed E-state index contributed by atoms with van der Waals surface area (Å²) in [6.07, 6.45) is 7.24. The minimum Gasteiger partial charge on any atom is -0.396 e. The quantitative estimate of drug-likeness (QED) is 0.777. The predicted octanol–water partition coefficient (Wildman–Crippen LogP) is 3.17. The molecule has 1 aromatic carbocycles. The van der Waals surface area contributed by atoms with E-state index in [1.165, 1.54) is 17.7 Å². The van der Waals surface area contributed by atoms with E-state index in [-0.39, 0.29) is 12.4 Å². The zero-order chi connectivity index (χ0) is 17.4. The van der Waals surface area contributed by atoms with Crippen molar-refractivity contribution in [3.05, 3.63) is 53.4 Å². The molecule has 1 aliphatic rings. The first-order valence-electron chi connectivity index (χ1n) is 8.71. The number of hydrogen-bond donors (Lipinski definition) is 1. The van der Waals surface area contributed by atoms with Crippen LogP contribution in [0.1, 0.15) is 25.8 Å². The summed E-state index contributed by atoms with van der Waals surface area (Å²) in [7, 11) is 0. The second-order valence-electron chi connectivity index (χ2n) is 6.66. The summed E-state index contributed by atoms with van der Waals surface area (Å²) in [5, 5.41) is 9.34. The fourth-order valence-corrected chi connectivity index (χ4v) is 3.00. The Morgan fingerprint density at radius 2 is 1.96 bits per heavy atom. The molecule has 1 saturated heterocycles. The molecule has 3 nitrogen and oxygen atoms in total. The lowest BCUT2D eigenvalue weighted by Gasteiger charge is -2.40. The third-order valence-corrected chi connectivity index (χ3v) is 4.43. The van der Waals surface area contributed by atoms with Crippen LogP contribution in [0.2, 0.25) is 0 Å². The smallest absolute Gasteiger partial charge is 0.123 e. The van der Waals surface area contributed by atoms with Gasteiger partial charge in [-0.25, -0.2) is 4.39 Å². The summed E-state index contributed by atoms with van der Waals surface area (Å²) in [6.45, 7) is 9.36. The Kier molecular flexibility index (Phi) is 7.63. The van der Waals surface area contributed by atoms with Crippen molar-refractivity contribution in [2.24, 2.45) is 0 Å². The van der Waals surface area contributed by atoms with Crippen molar-refractivity contribution >= 4 is 6.08 Å². The van der Waals surface area contributed by atoms with E-state index >= 15 is 0 Å². The summed E-state index contributed by atoms with van der Waals surface area (Å²) < 4.78 is 12.9. The van der Waals surface area contributed by atoms with Gasteiger partial charge in [0.15, 0.2) is 0 Å². The molecule has 0 amide bonds. The zero-order valence-electron chi connectivity index (χ0n) is 14.8. The van der Waals surface area contributed by atoms with Crippen LogP contribution in [0, 0.1) is 5.82 Å². The van der Waals surface area contributed by atoms with E-state index in [2.05, 4.69) is 35.8 Å². The molecule has 0 saturated carbocycles. The van der Waals surface area contributed by atoms with Gasteiger partial charge in [0.05, 0.1) is 0 Å². The fourth-order valence-electron chi connectivity index (χ4n) is 3.00. The largest absolute Gasteiger partial charge is 0.396 e. The van der Waals surface area contributed by atoms with Crippen molar-refractivity contribution in [1.29, 1.82) is 0 Å². The lowest BCUT2D eigenvalue weighted by Crippen LogP contribution is -2.53. The molecule has 1 aliphatic heterocycles. The van der Waals surface area contributed by atoms with E-state index in [1.54, 1.807) is 12.1 Å². The van der Waals surface area contributed by atoms with Crippen LogP contribution < -0.4 is 0 Å². The molecule has 1 N–H and O–H groups in total. The van der Waals surface area contributed by atoms with Gasteiger partial charge in [0.1, 0.15) is 5.82 Å². The van der Waals surface area contributed by atoms with E-state index in [9.17, 15) is 9.50 Å². The maximum absolute atomic E-state index is 12.9. The number of benzene rings is 1. The lowest BCUT2D eigenvalue weighted by molar-refractivity contribution is 0.0743. The molecule has 0 spiro atoms. The maximum atomic E-state index is 12.9. The zero-order valence-corrected chi connectivity index (χ0v) is 14.8. The number of hydrogen-bond acceptors (Lipinski definition) is 3. The molecule has 2 rings (SSSR count). The summed E-state index contributed by atoms with van der Waals surface area (Å²) in [4.78, 5) is 4.88. The fraction of sp³-hybridized carbons (Fsp3) is 0.500. The molecule has 0 aliphatic carbocycles. The summed E-state index contributed by atoms with van der Waals surface area (Å²) in [6, 6.07) is 6.95. The molecular weight excluding hydrogens is 303 g/mol. The first kappa shape index (κ1) is 18.8. The van der Waals surface area contributed by atoms with Gasteiger partial charge in [-0.2, -0.15) is 0 Å². The molecule has 24 heavy (non-hydrogen) atoms. The van der Waals surface area contributed by atoms with E-state index in [4.69, 9.17) is 0 Å². The monoisotopic (exact) mass is 332 g/mol. The molecule has 1 fully saturated rings. The molecule has 1 heterocycles. The molecule has 0 aromatic heterocycles. The Hall–Kier alpha value is -1.49. The van der Waals surface area contributed by atoms with Crippen LogP contribution in [0.3, 0.4) is 0 Å². The van der Waals surface area contributed by atoms with Gasteiger partial charge in [-0.05, 0) is 38.0 Å². The minimum atomic E-state index is -0.202. The van der Waals surface area contributed by atoms with Crippen molar-refractivity contribution in [2.75, 3.05) is 39.3 Å². The lowest BCUT2D eigenvalue weighted by atomic mass is 10.1. The number of allylic oxidation sites excluding steroid dienone is 1. The summed E-state index contributed by atoms with van der Waals surface area (Å²) in [5.74, 6) is -0.202. The summed E-state index contributed by atoms with van der Waals surface area (Å²) in [5.41, 5.74) is 2.35. The third-order valence-electron chi connectivity index (χ3n) is 4.43. The number of aliphatic hydroxyl groups excluding tert-OH is 1. The first-order chi connectivity index (χ1) is 11.6. The van der Waals surface area contributed by atoms with Gasteiger partial charge in [-0.15, -0.1) is 0 Å². The maximum Gasteiger partial charge on any atom is 0.123 e. The Labute approximate surface area is 145 Å². The third kappa shape index (κ3) is 6.19. The number of piperazine rings is 1. The number of rotatable bonds is 7. The SMILES string of the molecule is CC(C)=CCN1CCN(C/C=C/c2ccc(F)cc2)C[C@H]1CCO. The molecule has 4 heteroatoms. The normalized spacial score (nSPS) is 19.8. The molecule has 1 atom stereocenters. The van der Waals surface area contributed by atoms with Gasteiger partial charge in [-0.1, -0.05) is 35.9 Å². The summed E-state index contributed by atoms with van der Waals surface area (Å²) >= 11 is 0. The van der Waals surface area contributed by atoms with Crippen LogP contribution in [0.4, 0.5) is 4.39 Å². The van der Waals surface area contributed by atoms with Crippen LogP contribution in [0.25, 0.3) is 6.08 Å². The van der Waals surface area contributed by atoms with Crippen LogP contribution in [-0.2, 0) is 0 Å². The molecule has 0 radical (unpaired) electrons. The van der Waals surface area contributed by atoms with Crippen molar-refractivity contribution in [3.63, 3.8) is 0 Å².